The molecule has 0 amide bonds. The van der Waals surface area contributed by atoms with E-state index in [-0.39, 0.29) is 24.3 Å². The third-order valence-corrected chi connectivity index (χ3v) is 3.74. The summed E-state index contributed by atoms with van der Waals surface area (Å²) in [6.07, 6.45) is 3.94. The van der Waals surface area contributed by atoms with E-state index in [0.717, 1.165) is 43.6 Å². The van der Waals surface area contributed by atoms with Gasteiger partial charge in [0, 0.05) is 30.7 Å². The van der Waals surface area contributed by atoms with Crippen LogP contribution in [0, 0.1) is 5.82 Å². The van der Waals surface area contributed by atoms with Gasteiger partial charge >= 0.3 is 0 Å². The van der Waals surface area contributed by atoms with E-state index in [1.165, 1.54) is 6.07 Å². The van der Waals surface area contributed by atoms with Gasteiger partial charge in [0.25, 0.3) is 0 Å². The van der Waals surface area contributed by atoms with Crippen molar-refractivity contribution in [1.82, 2.24) is 9.88 Å². The van der Waals surface area contributed by atoms with Crippen molar-refractivity contribution in [3.8, 4) is 0 Å². The lowest BCUT2D eigenvalue weighted by Gasteiger charge is -2.30. The van der Waals surface area contributed by atoms with Gasteiger partial charge in [0.1, 0.15) is 5.82 Å². The largest absolute Gasteiger partial charge is 0.327 e. The number of nitrogens with two attached hydrogens (primary N) is 1. The highest BCUT2D eigenvalue weighted by Gasteiger charge is 2.18. The maximum atomic E-state index is 13.7. The third kappa shape index (κ3) is 3.08. The molecular weight excluding hydrogens is 277 g/mol. The summed E-state index contributed by atoms with van der Waals surface area (Å²) in [7, 11) is 0. The second-order valence-electron chi connectivity index (χ2n) is 5.24. The predicted molar refractivity (Wildman–Crippen MR) is 81.4 cm³/mol. The van der Waals surface area contributed by atoms with Gasteiger partial charge in [-0.2, -0.15) is 0 Å². The number of fused-ring (bicyclic) bond motifs is 1. The maximum Gasteiger partial charge on any atom is 0.132 e. The van der Waals surface area contributed by atoms with E-state index in [2.05, 4.69) is 9.88 Å². The first kappa shape index (κ1) is 15.2. The molecule has 0 unspecified atom stereocenters. The Kier molecular flexibility index (Phi) is 4.91. The Labute approximate surface area is 124 Å². The van der Waals surface area contributed by atoms with E-state index in [1.807, 2.05) is 6.07 Å². The number of benzene rings is 1. The topological polar surface area (TPSA) is 42.1 Å². The van der Waals surface area contributed by atoms with Gasteiger partial charge < -0.3 is 5.73 Å². The number of rotatable bonds is 2. The van der Waals surface area contributed by atoms with Crippen molar-refractivity contribution in [2.24, 2.45) is 5.73 Å². The molecule has 108 valence electrons. The van der Waals surface area contributed by atoms with Crippen molar-refractivity contribution in [3.05, 3.63) is 41.8 Å². The van der Waals surface area contributed by atoms with Gasteiger partial charge in [0.2, 0.25) is 0 Å². The van der Waals surface area contributed by atoms with Gasteiger partial charge in [-0.15, -0.1) is 12.4 Å². The van der Waals surface area contributed by atoms with Gasteiger partial charge in [-0.1, -0.05) is 6.07 Å². The van der Waals surface area contributed by atoms with Crippen molar-refractivity contribution >= 4 is 23.3 Å². The van der Waals surface area contributed by atoms with Crippen LogP contribution < -0.4 is 5.73 Å². The number of piperidine rings is 1. The van der Waals surface area contributed by atoms with E-state index in [9.17, 15) is 4.39 Å². The minimum Gasteiger partial charge on any atom is -0.327 e. The monoisotopic (exact) mass is 295 g/mol. The molecule has 1 saturated heterocycles. The molecule has 1 atom stereocenters. The van der Waals surface area contributed by atoms with Gasteiger partial charge in [0.05, 0.1) is 5.52 Å². The zero-order valence-corrected chi connectivity index (χ0v) is 12.1. The van der Waals surface area contributed by atoms with Gasteiger partial charge in [-0.05, 0) is 43.1 Å². The predicted octanol–water partition coefficient (Wildman–Crippen LogP) is 2.72. The van der Waals surface area contributed by atoms with Crippen molar-refractivity contribution in [3.63, 3.8) is 0 Å². The molecule has 1 aromatic carbocycles. The van der Waals surface area contributed by atoms with E-state index >= 15 is 0 Å². The molecule has 1 aromatic heterocycles. The Morgan fingerprint density at radius 2 is 2.20 bits per heavy atom. The number of aromatic nitrogens is 1. The van der Waals surface area contributed by atoms with Gasteiger partial charge in [-0.25, -0.2) is 4.39 Å². The van der Waals surface area contributed by atoms with Gasteiger partial charge in [-0.3, -0.25) is 9.88 Å². The van der Waals surface area contributed by atoms with Crippen LogP contribution in [0.15, 0.2) is 30.5 Å². The molecule has 3 nitrogen and oxygen atoms in total. The molecule has 1 fully saturated rings. The molecule has 20 heavy (non-hydrogen) atoms. The minimum absolute atomic E-state index is 0. The molecule has 1 aliphatic heterocycles. The van der Waals surface area contributed by atoms with E-state index < -0.39 is 0 Å². The summed E-state index contributed by atoms with van der Waals surface area (Å²) >= 11 is 0. The quantitative estimate of drug-likeness (QED) is 0.926. The molecular formula is C15H19ClFN3. The summed E-state index contributed by atoms with van der Waals surface area (Å²) < 4.78 is 13.7. The summed E-state index contributed by atoms with van der Waals surface area (Å²) in [5.41, 5.74) is 7.84. The fourth-order valence-electron chi connectivity index (χ4n) is 2.80. The van der Waals surface area contributed by atoms with Crippen molar-refractivity contribution in [2.45, 2.75) is 25.4 Å². The lowest BCUT2D eigenvalue weighted by atomic mass is 10.0. The number of halogens is 2. The first-order valence-corrected chi connectivity index (χ1v) is 6.74. The van der Waals surface area contributed by atoms with Crippen LogP contribution in [0.1, 0.15) is 18.4 Å². The fourth-order valence-corrected chi connectivity index (χ4v) is 2.80. The molecule has 2 aromatic rings. The lowest BCUT2D eigenvalue weighted by Crippen LogP contribution is -2.42. The summed E-state index contributed by atoms with van der Waals surface area (Å²) in [5.74, 6) is -0.206. The van der Waals surface area contributed by atoms with E-state index in [0.29, 0.717) is 5.39 Å². The fraction of sp³-hybridized carbons (Fsp3) is 0.400. The Bertz CT molecular complexity index is 590. The third-order valence-electron chi connectivity index (χ3n) is 3.74. The van der Waals surface area contributed by atoms with Crippen LogP contribution in [0.2, 0.25) is 0 Å². The van der Waals surface area contributed by atoms with Crippen LogP contribution in [0.5, 0.6) is 0 Å². The zero-order chi connectivity index (χ0) is 13.2. The van der Waals surface area contributed by atoms with Crippen LogP contribution in [-0.4, -0.2) is 29.0 Å². The molecule has 0 spiro atoms. The number of pyridine rings is 1. The lowest BCUT2D eigenvalue weighted by molar-refractivity contribution is 0.202. The van der Waals surface area contributed by atoms with E-state index in [1.54, 1.807) is 18.3 Å². The second kappa shape index (κ2) is 6.48. The molecule has 5 heteroatoms. The van der Waals surface area contributed by atoms with Crippen molar-refractivity contribution in [2.75, 3.05) is 13.1 Å². The number of hydrogen-bond donors (Lipinski definition) is 1. The average Bonchev–Trinajstić information content (AvgIpc) is 2.42. The molecule has 2 N–H and O–H groups in total. The van der Waals surface area contributed by atoms with Crippen molar-refractivity contribution in [1.29, 1.82) is 0 Å². The maximum absolute atomic E-state index is 13.7. The molecule has 0 aliphatic carbocycles. The minimum atomic E-state index is -0.206. The zero-order valence-electron chi connectivity index (χ0n) is 11.3. The summed E-state index contributed by atoms with van der Waals surface area (Å²) in [6.45, 7) is 2.76. The standard InChI is InChI=1S/C15H18FN3.ClH/c16-14-6-5-11(15-13(14)4-1-7-18-15)9-19-8-2-3-12(17)10-19;/h1,4-7,12H,2-3,8-10,17H2;1H/t12-;/m1./s1. The molecule has 2 heterocycles. The molecule has 1 aliphatic rings. The van der Waals surface area contributed by atoms with Gasteiger partial charge in [0.15, 0.2) is 0 Å². The SMILES string of the molecule is Cl.N[C@@H]1CCCN(Cc2ccc(F)c3cccnc23)C1. The highest BCUT2D eigenvalue weighted by atomic mass is 35.5. The average molecular weight is 296 g/mol. The highest BCUT2D eigenvalue weighted by molar-refractivity contribution is 5.85. The Balaban J connectivity index is 0.00000147. The normalized spacial score (nSPS) is 19.8. The number of nitrogens with zero attached hydrogens (tertiary/aromatic N) is 2. The molecule has 3 rings (SSSR count). The van der Waals surface area contributed by atoms with Crippen LogP contribution in [0.4, 0.5) is 4.39 Å². The summed E-state index contributed by atoms with van der Waals surface area (Å²) in [5, 5.41) is 0.598. The van der Waals surface area contributed by atoms with Crippen LogP contribution in [-0.2, 0) is 6.54 Å². The first-order chi connectivity index (χ1) is 9.24. The summed E-state index contributed by atoms with van der Waals surface area (Å²) in [6, 6.07) is 7.18. The second-order valence-corrected chi connectivity index (χ2v) is 5.24. The molecule has 0 saturated carbocycles. The number of likely N-dealkylation sites (tertiary alicyclic amines) is 1. The highest BCUT2D eigenvalue weighted by Crippen LogP contribution is 2.22. The number of hydrogen-bond acceptors (Lipinski definition) is 3. The van der Waals surface area contributed by atoms with Crippen LogP contribution in [0.3, 0.4) is 0 Å². The van der Waals surface area contributed by atoms with Crippen LogP contribution in [0.25, 0.3) is 10.9 Å². The Morgan fingerprint density at radius 3 is 3.00 bits per heavy atom. The smallest absolute Gasteiger partial charge is 0.132 e. The molecule has 0 radical (unpaired) electrons. The Morgan fingerprint density at radius 1 is 1.35 bits per heavy atom. The van der Waals surface area contributed by atoms with Crippen molar-refractivity contribution < 1.29 is 4.39 Å². The van der Waals surface area contributed by atoms with E-state index in [4.69, 9.17) is 5.73 Å². The molecule has 0 bridgehead atoms. The first-order valence-electron chi connectivity index (χ1n) is 6.74. The summed E-state index contributed by atoms with van der Waals surface area (Å²) in [4.78, 5) is 6.66. The van der Waals surface area contributed by atoms with Crippen LogP contribution >= 0.6 is 12.4 Å². The Hall–Kier alpha value is -1.23.